The van der Waals surface area contributed by atoms with E-state index >= 15 is 0 Å². The fourth-order valence-electron chi connectivity index (χ4n) is 3.34. The molecule has 6 heteroatoms. The molecular formula is C21H19ClN4O. The second-order valence-corrected chi connectivity index (χ2v) is 7.16. The third-order valence-electron chi connectivity index (χ3n) is 4.73. The molecule has 0 amide bonds. The molecule has 0 radical (unpaired) electrons. The van der Waals surface area contributed by atoms with Gasteiger partial charge in [-0.3, -0.25) is 4.79 Å². The maximum atomic E-state index is 13.2. The monoisotopic (exact) mass is 378 g/mol. The number of benzene rings is 2. The number of hydrogen-bond acceptors (Lipinski definition) is 3. The lowest BCUT2D eigenvalue weighted by Crippen LogP contribution is -2.26. The number of nitrogens with zero attached hydrogens (tertiary/aromatic N) is 4. The van der Waals surface area contributed by atoms with E-state index in [1.165, 1.54) is 10.2 Å². The zero-order valence-electron chi connectivity index (χ0n) is 15.4. The molecule has 0 bridgehead atoms. The van der Waals surface area contributed by atoms with Crippen molar-refractivity contribution < 1.29 is 0 Å². The molecule has 0 atom stereocenters. The summed E-state index contributed by atoms with van der Waals surface area (Å²) in [6, 6.07) is 13.6. The summed E-state index contributed by atoms with van der Waals surface area (Å²) in [4.78, 5) is 13.2. The van der Waals surface area contributed by atoms with Crippen LogP contribution >= 0.6 is 11.6 Å². The summed E-state index contributed by atoms with van der Waals surface area (Å²) < 4.78 is 3.17. The van der Waals surface area contributed by atoms with Crippen molar-refractivity contribution in [2.45, 2.75) is 27.3 Å². The minimum absolute atomic E-state index is 0.187. The van der Waals surface area contributed by atoms with E-state index in [1.807, 2.05) is 57.2 Å². The van der Waals surface area contributed by atoms with Gasteiger partial charge < -0.3 is 0 Å². The molecule has 0 saturated carbocycles. The van der Waals surface area contributed by atoms with E-state index in [2.05, 4.69) is 16.3 Å². The van der Waals surface area contributed by atoms with Crippen molar-refractivity contribution in [1.82, 2.24) is 19.6 Å². The van der Waals surface area contributed by atoms with E-state index < -0.39 is 0 Å². The zero-order chi connectivity index (χ0) is 19.1. The zero-order valence-corrected chi connectivity index (χ0v) is 16.2. The summed E-state index contributed by atoms with van der Waals surface area (Å²) in [5.74, 6) is 0. The molecule has 0 spiro atoms. The van der Waals surface area contributed by atoms with Crippen LogP contribution in [0.25, 0.3) is 16.6 Å². The molecule has 0 unspecified atom stereocenters. The van der Waals surface area contributed by atoms with Gasteiger partial charge >= 0.3 is 0 Å². The van der Waals surface area contributed by atoms with Gasteiger partial charge in [0.1, 0.15) is 5.52 Å². The van der Waals surface area contributed by atoms with Gasteiger partial charge in [-0.1, -0.05) is 47.5 Å². The second-order valence-electron chi connectivity index (χ2n) is 6.75. The van der Waals surface area contributed by atoms with Crippen LogP contribution in [0.2, 0.25) is 5.02 Å². The fourth-order valence-corrected chi connectivity index (χ4v) is 3.54. The van der Waals surface area contributed by atoms with E-state index in [0.717, 1.165) is 27.9 Å². The van der Waals surface area contributed by atoms with Gasteiger partial charge in [0.25, 0.3) is 5.56 Å². The van der Waals surface area contributed by atoms with E-state index in [0.29, 0.717) is 17.1 Å². The van der Waals surface area contributed by atoms with Crippen molar-refractivity contribution in [2.75, 3.05) is 0 Å². The summed E-state index contributed by atoms with van der Waals surface area (Å²) in [6.45, 7) is 6.26. The van der Waals surface area contributed by atoms with Crippen molar-refractivity contribution in [3.8, 4) is 5.69 Å². The van der Waals surface area contributed by atoms with Gasteiger partial charge in [0.15, 0.2) is 0 Å². The lowest BCUT2D eigenvalue weighted by Gasteiger charge is -2.11. The molecule has 0 aliphatic heterocycles. The number of hydrogen-bond donors (Lipinski definition) is 0. The Kier molecular flexibility index (Phi) is 4.32. The second kappa shape index (κ2) is 6.67. The molecule has 4 rings (SSSR count). The predicted octanol–water partition coefficient (Wildman–Crippen LogP) is 4.21. The first-order valence-corrected chi connectivity index (χ1v) is 9.10. The van der Waals surface area contributed by atoms with Gasteiger partial charge in [0.2, 0.25) is 0 Å². The van der Waals surface area contributed by atoms with Gasteiger partial charge in [-0.05, 0) is 44.0 Å². The molecule has 2 aromatic carbocycles. The first kappa shape index (κ1) is 17.5. The van der Waals surface area contributed by atoms with Crippen LogP contribution in [0.3, 0.4) is 0 Å². The normalized spacial score (nSPS) is 11.3. The van der Waals surface area contributed by atoms with Gasteiger partial charge in [-0.15, -0.1) is 0 Å². The SMILES string of the molecule is Cc1ccc(-n2ncc3c(C)nn(Cc4ccccc4Cl)c(=O)c32)c(C)c1. The molecule has 4 aromatic rings. The molecule has 0 saturated heterocycles. The van der Waals surface area contributed by atoms with Gasteiger partial charge in [0.05, 0.1) is 24.1 Å². The summed E-state index contributed by atoms with van der Waals surface area (Å²) in [7, 11) is 0. The Morgan fingerprint density at radius 3 is 2.59 bits per heavy atom. The van der Waals surface area contributed by atoms with Crippen molar-refractivity contribution in [3.63, 3.8) is 0 Å². The molecular weight excluding hydrogens is 360 g/mol. The van der Waals surface area contributed by atoms with Crippen molar-refractivity contribution >= 4 is 22.5 Å². The Morgan fingerprint density at radius 1 is 1.07 bits per heavy atom. The lowest BCUT2D eigenvalue weighted by molar-refractivity contribution is 0.635. The molecule has 2 heterocycles. The van der Waals surface area contributed by atoms with Crippen LogP contribution in [0.4, 0.5) is 0 Å². The quantitative estimate of drug-likeness (QED) is 0.536. The molecule has 0 aliphatic rings. The highest BCUT2D eigenvalue weighted by atomic mass is 35.5. The van der Waals surface area contributed by atoms with Crippen LogP contribution in [0, 0.1) is 20.8 Å². The third kappa shape index (κ3) is 3.04. The minimum atomic E-state index is -0.187. The standard InChI is InChI=1S/C21H19ClN4O/c1-13-8-9-19(14(2)10-13)26-20-17(11-23-26)15(3)24-25(21(20)27)12-16-6-4-5-7-18(16)22/h4-11H,12H2,1-3H3. The van der Waals surface area contributed by atoms with Crippen molar-refractivity contribution in [3.05, 3.63) is 86.4 Å². The van der Waals surface area contributed by atoms with Crippen LogP contribution < -0.4 is 5.56 Å². The number of rotatable bonds is 3. The van der Waals surface area contributed by atoms with E-state index in [-0.39, 0.29) is 5.56 Å². The summed E-state index contributed by atoms with van der Waals surface area (Å²) in [5.41, 5.74) is 5.07. The lowest BCUT2D eigenvalue weighted by atomic mass is 10.1. The summed E-state index contributed by atoms with van der Waals surface area (Å²) in [6.07, 6.45) is 1.71. The smallest absolute Gasteiger partial charge is 0.265 e. The minimum Gasteiger partial charge on any atom is -0.265 e. The first-order valence-electron chi connectivity index (χ1n) is 8.72. The topological polar surface area (TPSA) is 52.7 Å². The van der Waals surface area contributed by atoms with Crippen LogP contribution in [0.1, 0.15) is 22.4 Å². The molecule has 5 nitrogen and oxygen atoms in total. The van der Waals surface area contributed by atoms with Crippen LogP contribution in [-0.2, 0) is 6.54 Å². The van der Waals surface area contributed by atoms with Gasteiger partial charge in [-0.2, -0.15) is 10.2 Å². The number of aryl methyl sites for hydroxylation is 3. The maximum Gasteiger partial charge on any atom is 0.293 e. The number of fused-ring (bicyclic) bond motifs is 1. The molecule has 27 heavy (non-hydrogen) atoms. The molecule has 0 aliphatic carbocycles. The largest absolute Gasteiger partial charge is 0.293 e. The highest BCUT2D eigenvalue weighted by Gasteiger charge is 2.16. The molecule has 0 N–H and O–H groups in total. The van der Waals surface area contributed by atoms with E-state index in [1.54, 1.807) is 10.9 Å². The highest BCUT2D eigenvalue weighted by Crippen LogP contribution is 2.21. The molecule has 2 aromatic heterocycles. The number of aromatic nitrogens is 4. The van der Waals surface area contributed by atoms with Crippen LogP contribution in [-0.4, -0.2) is 19.6 Å². The van der Waals surface area contributed by atoms with Gasteiger partial charge in [0, 0.05) is 10.4 Å². The van der Waals surface area contributed by atoms with Gasteiger partial charge in [-0.25, -0.2) is 9.36 Å². The van der Waals surface area contributed by atoms with E-state index in [4.69, 9.17) is 11.6 Å². The third-order valence-corrected chi connectivity index (χ3v) is 5.09. The Balaban J connectivity index is 1.93. The Hall–Kier alpha value is -2.92. The summed E-state index contributed by atoms with van der Waals surface area (Å²) >= 11 is 6.27. The number of halogens is 1. The average molecular weight is 379 g/mol. The Morgan fingerprint density at radius 2 is 1.85 bits per heavy atom. The maximum absolute atomic E-state index is 13.2. The molecule has 0 fully saturated rings. The van der Waals surface area contributed by atoms with Crippen molar-refractivity contribution in [1.29, 1.82) is 0 Å². The highest BCUT2D eigenvalue weighted by molar-refractivity contribution is 6.31. The molecule has 136 valence electrons. The Labute approximate surface area is 161 Å². The van der Waals surface area contributed by atoms with Crippen LogP contribution in [0.5, 0.6) is 0 Å². The Bertz CT molecular complexity index is 1220. The van der Waals surface area contributed by atoms with E-state index in [9.17, 15) is 4.79 Å². The first-order chi connectivity index (χ1) is 13.0. The average Bonchev–Trinajstić information content (AvgIpc) is 3.07. The van der Waals surface area contributed by atoms with Crippen LogP contribution in [0.15, 0.2) is 53.5 Å². The fraction of sp³-hybridized carbons (Fsp3) is 0.190. The predicted molar refractivity (Wildman–Crippen MR) is 108 cm³/mol. The van der Waals surface area contributed by atoms with Crippen molar-refractivity contribution in [2.24, 2.45) is 0 Å². The summed E-state index contributed by atoms with van der Waals surface area (Å²) in [5, 5.41) is 10.3.